The van der Waals surface area contributed by atoms with Crippen LogP contribution in [-0.2, 0) is 13.3 Å². The van der Waals surface area contributed by atoms with Gasteiger partial charge in [-0.1, -0.05) is 0 Å². The summed E-state index contributed by atoms with van der Waals surface area (Å²) >= 11 is 0. The van der Waals surface area contributed by atoms with E-state index in [0.717, 1.165) is 0 Å². The molecule has 0 saturated heterocycles. The molecular formula is C10H22N2O3Si. The maximum Gasteiger partial charge on any atom is 0.497 e. The van der Waals surface area contributed by atoms with Gasteiger partial charge in [0.1, 0.15) is 0 Å². The fourth-order valence-electron chi connectivity index (χ4n) is 1.13. The summed E-state index contributed by atoms with van der Waals surface area (Å²) in [4.78, 5) is 6.42. The van der Waals surface area contributed by atoms with Crippen LogP contribution in [0.2, 0.25) is 6.55 Å². The monoisotopic (exact) mass is 246 g/mol. The third-order valence-corrected chi connectivity index (χ3v) is 4.06. The molecular weight excluding hydrogens is 224 g/mol. The maximum absolute atomic E-state index is 5.40. The first-order valence-corrected chi connectivity index (χ1v) is 7.75. The van der Waals surface area contributed by atoms with Gasteiger partial charge in [0.2, 0.25) is 0 Å². The maximum atomic E-state index is 5.40. The van der Waals surface area contributed by atoms with E-state index in [1.807, 2.05) is 27.3 Å². The van der Waals surface area contributed by atoms with Crippen molar-refractivity contribution < 1.29 is 13.3 Å². The second-order valence-corrected chi connectivity index (χ2v) is 5.51. The van der Waals surface area contributed by atoms with Crippen LogP contribution >= 0.6 is 0 Å². The van der Waals surface area contributed by atoms with Crippen molar-refractivity contribution in [2.24, 2.45) is 0 Å². The zero-order chi connectivity index (χ0) is 12.3. The third-order valence-electron chi connectivity index (χ3n) is 1.63. The van der Waals surface area contributed by atoms with Gasteiger partial charge >= 0.3 is 8.80 Å². The quantitative estimate of drug-likeness (QED) is 0.781. The van der Waals surface area contributed by atoms with Crippen molar-refractivity contribution in [3.63, 3.8) is 0 Å². The molecule has 0 amide bonds. The number of nitrogens with zero attached hydrogens (tertiary/aromatic N) is 1. The Bertz CT molecular complexity index is 198. The summed E-state index contributed by atoms with van der Waals surface area (Å²) in [5.41, 5.74) is 0. The highest BCUT2D eigenvalue weighted by molar-refractivity contribution is 6.59. The molecule has 0 aliphatic carbocycles. The molecule has 1 aromatic heterocycles. The number of H-pyrrole nitrogens is 1. The van der Waals surface area contributed by atoms with E-state index in [9.17, 15) is 0 Å². The summed E-state index contributed by atoms with van der Waals surface area (Å²) in [5.74, 6) is 0. The number of hydrogen-bond donors (Lipinski definition) is 1. The van der Waals surface area contributed by atoms with Crippen molar-refractivity contribution in [3.05, 3.63) is 18.7 Å². The van der Waals surface area contributed by atoms with E-state index in [4.69, 9.17) is 13.3 Å². The van der Waals surface area contributed by atoms with Gasteiger partial charge in [-0.05, 0) is 20.8 Å². The van der Waals surface area contributed by atoms with Gasteiger partial charge in [0.05, 0.1) is 6.33 Å². The standard InChI is InChI=1S/C7H18O3Si.C3H4N2/c1-5-8-11(4,9-6-2)10-7-3;1-2-5-3-4-1/h5-7H2,1-4H3;1-3H,(H,4,5). The Kier molecular flexibility index (Phi) is 9.11. The molecule has 94 valence electrons. The highest BCUT2D eigenvalue weighted by Crippen LogP contribution is 2.08. The van der Waals surface area contributed by atoms with Crippen LogP contribution in [0, 0.1) is 0 Å². The van der Waals surface area contributed by atoms with Crippen LogP contribution in [0.1, 0.15) is 20.8 Å². The number of hydrogen-bond acceptors (Lipinski definition) is 4. The molecule has 16 heavy (non-hydrogen) atoms. The van der Waals surface area contributed by atoms with Crippen LogP contribution in [0.3, 0.4) is 0 Å². The van der Waals surface area contributed by atoms with Gasteiger partial charge in [-0.15, -0.1) is 0 Å². The summed E-state index contributed by atoms with van der Waals surface area (Å²) in [6, 6.07) is 0. The van der Waals surface area contributed by atoms with E-state index in [1.54, 1.807) is 18.7 Å². The predicted molar refractivity (Wildman–Crippen MR) is 65.1 cm³/mol. The lowest BCUT2D eigenvalue weighted by molar-refractivity contribution is 0.0783. The number of nitrogens with one attached hydrogen (secondary N) is 1. The number of imidazole rings is 1. The average molecular weight is 246 g/mol. The smallest absolute Gasteiger partial charge is 0.374 e. The molecule has 0 unspecified atom stereocenters. The normalized spacial score (nSPS) is 10.8. The molecule has 6 heteroatoms. The summed E-state index contributed by atoms with van der Waals surface area (Å²) < 4.78 is 16.2. The molecule has 0 atom stereocenters. The van der Waals surface area contributed by atoms with E-state index >= 15 is 0 Å². The summed E-state index contributed by atoms with van der Waals surface area (Å²) in [5, 5.41) is 0. The van der Waals surface area contributed by atoms with Crippen LogP contribution in [0.25, 0.3) is 0 Å². The van der Waals surface area contributed by atoms with Gasteiger partial charge in [0.25, 0.3) is 0 Å². The molecule has 0 aliphatic rings. The van der Waals surface area contributed by atoms with E-state index in [0.29, 0.717) is 19.8 Å². The van der Waals surface area contributed by atoms with Gasteiger partial charge in [0.15, 0.2) is 0 Å². The molecule has 0 radical (unpaired) electrons. The second kappa shape index (κ2) is 9.53. The SMILES string of the molecule is CCO[Si](C)(OCC)OCC.c1c[nH]cn1. The van der Waals surface area contributed by atoms with E-state index in [1.165, 1.54) is 0 Å². The fourth-order valence-corrected chi connectivity index (χ4v) is 2.95. The van der Waals surface area contributed by atoms with Gasteiger partial charge in [-0.2, -0.15) is 0 Å². The minimum Gasteiger partial charge on any atom is -0.374 e. The van der Waals surface area contributed by atoms with Crippen LogP contribution in [0.4, 0.5) is 0 Å². The van der Waals surface area contributed by atoms with Crippen LogP contribution < -0.4 is 0 Å². The van der Waals surface area contributed by atoms with Crippen LogP contribution in [-0.4, -0.2) is 38.6 Å². The van der Waals surface area contributed by atoms with E-state index in [2.05, 4.69) is 9.97 Å². The molecule has 5 nitrogen and oxygen atoms in total. The molecule has 1 heterocycles. The van der Waals surface area contributed by atoms with Crippen molar-refractivity contribution in [2.75, 3.05) is 19.8 Å². The number of aromatic amines is 1. The zero-order valence-corrected chi connectivity index (χ0v) is 11.5. The van der Waals surface area contributed by atoms with Crippen molar-refractivity contribution in [1.29, 1.82) is 0 Å². The third kappa shape index (κ3) is 7.58. The molecule has 0 aromatic carbocycles. The van der Waals surface area contributed by atoms with Gasteiger partial charge in [-0.25, -0.2) is 4.98 Å². The van der Waals surface area contributed by atoms with Crippen molar-refractivity contribution in [2.45, 2.75) is 27.3 Å². The molecule has 1 rings (SSSR count). The van der Waals surface area contributed by atoms with Crippen molar-refractivity contribution in [3.8, 4) is 0 Å². The number of rotatable bonds is 6. The highest BCUT2D eigenvalue weighted by Gasteiger charge is 2.32. The minimum atomic E-state index is -2.25. The second-order valence-electron chi connectivity index (χ2n) is 2.92. The van der Waals surface area contributed by atoms with Crippen molar-refractivity contribution in [1.82, 2.24) is 9.97 Å². The van der Waals surface area contributed by atoms with Gasteiger partial charge < -0.3 is 18.3 Å². The van der Waals surface area contributed by atoms with Crippen molar-refractivity contribution >= 4 is 8.80 Å². The predicted octanol–water partition coefficient (Wildman–Crippen LogP) is 2.07. The summed E-state index contributed by atoms with van der Waals surface area (Å²) in [6.07, 6.45) is 5.08. The minimum absolute atomic E-state index is 0.655. The zero-order valence-electron chi connectivity index (χ0n) is 10.5. The topological polar surface area (TPSA) is 56.4 Å². The number of aromatic nitrogens is 2. The summed E-state index contributed by atoms with van der Waals surface area (Å²) in [7, 11) is -2.25. The Labute approximate surface area is 98.5 Å². The first kappa shape index (κ1) is 15.3. The first-order valence-electron chi connectivity index (χ1n) is 5.53. The molecule has 1 N–H and O–H groups in total. The van der Waals surface area contributed by atoms with E-state index < -0.39 is 8.80 Å². The molecule has 0 saturated carbocycles. The molecule has 0 aliphatic heterocycles. The highest BCUT2D eigenvalue weighted by atomic mass is 28.4. The fraction of sp³-hybridized carbons (Fsp3) is 0.700. The Morgan fingerprint density at radius 1 is 1.06 bits per heavy atom. The lowest BCUT2D eigenvalue weighted by Gasteiger charge is -2.23. The Hall–Kier alpha value is -0.693. The lowest BCUT2D eigenvalue weighted by atomic mass is 10.9. The molecule has 1 aromatic rings. The Balaban J connectivity index is 0.000000368. The Morgan fingerprint density at radius 2 is 1.56 bits per heavy atom. The Morgan fingerprint density at radius 3 is 1.75 bits per heavy atom. The summed E-state index contributed by atoms with van der Waals surface area (Å²) in [6.45, 7) is 9.73. The molecule has 0 bridgehead atoms. The van der Waals surface area contributed by atoms with Crippen LogP contribution in [0.5, 0.6) is 0 Å². The molecule has 0 spiro atoms. The van der Waals surface area contributed by atoms with E-state index in [-0.39, 0.29) is 0 Å². The first-order chi connectivity index (χ1) is 7.68. The van der Waals surface area contributed by atoms with Gasteiger partial charge in [-0.3, -0.25) is 0 Å². The van der Waals surface area contributed by atoms with Crippen LogP contribution in [0.15, 0.2) is 18.7 Å². The largest absolute Gasteiger partial charge is 0.497 e. The average Bonchev–Trinajstić information content (AvgIpc) is 2.76. The lowest BCUT2D eigenvalue weighted by Crippen LogP contribution is -2.42. The molecule has 0 fully saturated rings. The van der Waals surface area contributed by atoms with Gasteiger partial charge in [0, 0.05) is 38.8 Å².